The summed E-state index contributed by atoms with van der Waals surface area (Å²) in [7, 11) is 0. The fourth-order valence-corrected chi connectivity index (χ4v) is 3.09. The molecule has 2 heterocycles. The number of nitrogens with zero attached hydrogens (tertiary/aromatic N) is 3. The Morgan fingerprint density at radius 1 is 1.24 bits per heavy atom. The summed E-state index contributed by atoms with van der Waals surface area (Å²) in [6.45, 7) is 2.29. The summed E-state index contributed by atoms with van der Waals surface area (Å²) in [6, 6.07) is 6.13. The van der Waals surface area contributed by atoms with Gasteiger partial charge in [0.05, 0.1) is 5.52 Å². The molecule has 0 bridgehead atoms. The number of halogens is 1. The van der Waals surface area contributed by atoms with Crippen LogP contribution in [-0.2, 0) is 0 Å². The number of aromatic nitrogens is 2. The van der Waals surface area contributed by atoms with Crippen molar-refractivity contribution in [3.63, 3.8) is 0 Å². The predicted molar refractivity (Wildman–Crippen MR) is 71.0 cm³/mol. The zero-order valence-electron chi connectivity index (χ0n) is 9.31. The lowest BCUT2D eigenvalue weighted by atomic mass is 10.2. The van der Waals surface area contributed by atoms with Crippen LogP contribution < -0.4 is 4.90 Å². The van der Waals surface area contributed by atoms with E-state index in [4.69, 9.17) is 0 Å². The minimum absolute atomic E-state index is 0.895. The Morgan fingerprint density at radius 3 is 2.88 bits per heavy atom. The zero-order chi connectivity index (χ0) is 11.4. The molecular weight excluding hydrogens is 278 g/mol. The molecule has 2 aromatic rings. The van der Waals surface area contributed by atoms with E-state index in [0.717, 1.165) is 46.2 Å². The molecule has 1 aliphatic carbocycles. The molecule has 0 N–H and O–H groups in total. The van der Waals surface area contributed by atoms with Crippen molar-refractivity contribution in [2.45, 2.75) is 6.42 Å². The first-order chi connectivity index (χ1) is 8.29. The fourth-order valence-electron chi connectivity index (χ4n) is 2.71. The normalized spacial score (nSPS) is 26.3. The molecule has 2 unspecified atom stereocenters. The number of hydrogen-bond acceptors (Lipinski definition) is 3. The highest BCUT2D eigenvalue weighted by Crippen LogP contribution is 2.45. The van der Waals surface area contributed by atoms with Crippen LogP contribution in [0.3, 0.4) is 0 Å². The van der Waals surface area contributed by atoms with E-state index in [1.54, 1.807) is 0 Å². The number of rotatable bonds is 1. The van der Waals surface area contributed by atoms with Crippen LogP contribution in [0.4, 0.5) is 5.95 Å². The molecule has 2 aliphatic rings. The molecule has 1 aliphatic heterocycles. The van der Waals surface area contributed by atoms with Gasteiger partial charge in [0, 0.05) is 29.1 Å². The molecular formula is C13H12BrN3. The lowest BCUT2D eigenvalue weighted by molar-refractivity contribution is 0.791. The van der Waals surface area contributed by atoms with Crippen LogP contribution in [0.2, 0.25) is 0 Å². The van der Waals surface area contributed by atoms with Crippen molar-refractivity contribution in [2.24, 2.45) is 11.8 Å². The smallest absolute Gasteiger partial charge is 0.225 e. The van der Waals surface area contributed by atoms with E-state index in [0.29, 0.717) is 0 Å². The summed E-state index contributed by atoms with van der Waals surface area (Å²) < 4.78 is 1.07. The van der Waals surface area contributed by atoms with Gasteiger partial charge in [-0.1, -0.05) is 15.9 Å². The third kappa shape index (κ3) is 1.62. The summed E-state index contributed by atoms with van der Waals surface area (Å²) in [5.41, 5.74) is 1.03. The third-order valence-electron chi connectivity index (χ3n) is 3.79. The minimum Gasteiger partial charge on any atom is -0.340 e. The van der Waals surface area contributed by atoms with E-state index < -0.39 is 0 Å². The van der Waals surface area contributed by atoms with Crippen LogP contribution >= 0.6 is 15.9 Å². The number of hydrogen-bond donors (Lipinski definition) is 0. The maximum absolute atomic E-state index is 4.65. The first kappa shape index (κ1) is 9.83. The molecule has 0 spiro atoms. The Kier molecular flexibility index (Phi) is 1.98. The summed E-state index contributed by atoms with van der Waals surface area (Å²) in [6.07, 6.45) is 3.34. The fraction of sp³-hybridized carbons (Fsp3) is 0.385. The highest BCUT2D eigenvalue weighted by atomic mass is 79.9. The molecule has 2 atom stereocenters. The number of fused-ring (bicyclic) bond motifs is 2. The molecule has 4 heteroatoms. The van der Waals surface area contributed by atoms with Gasteiger partial charge in [-0.25, -0.2) is 9.97 Å². The Bertz CT molecular complexity index is 588. The Morgan fingerprint density at radius 2 is 2.06 bits per heavy atom. The van der Waals surface area contributed by atoms with Crippen molar-refractivity contribution in [2.75, 3.05) is 18.0 Å². The molecule has 1 aromatic heterocycles. The standard InChI is InChI=1S/C13H12BrN3/c14-11-1-2-12-8(4-11)5-15-13(16-12)17-6-9-3-10(9)7-17/h1-2,4-5,9-10H,3,6-7H2. The summed E-state index contributed by atoms with van der Waals surface area (Å²) in [5.74, 6) is 2.73. The van der Waals surface area contributed by atoms with E-state index >= 15 is 0 Å². The van der Waals surface area contributed by atoms with Gasteiger partial charge in [-0.05, 0) is 36.5 Å². The van der Waals surface area contributed by atoms with E-state index in [-0.39, 0.29) is 0 Å². The minimum atomic E-state index is 0.895. The lowest BCUT2D eigenvalue weighted by Gasteiger charge is -2.17. The molecule has 4 rings (SSSR count). The van der Waals surface area contributed by atoms with Crippen LogP contribution in [0.1, 0.15) is 6.42 Å². The van der Waals surface area contributed by atoms with Crippen LogP contribution in [0.5, 0.6) is 0 Å². The van der Waals surface area contributed by atoms with E-state index in [1.807, 2.05) is 18.3 Å². The van der Waals surface area contributed by atoms with E-state index in [9.17, 15) is 0 Å². The van der Waals surface area contributed by atoms with Gasteiger partial charge in [0.15, 0.2) is 0 Å². The van der Waals surface area contributed by atoms with Crippen LogP contribution in [0, 0.1) is 11.8 Å². The lowest BCUT2D eigenvalue weighted by Crippen LogP contribution is -2.23. The Balaban J connectivity index is 1.74. The van der Waals surface area contributed by atoms with Gasteiger partial charge in [0.2, 0.25) is 5.95 Å². The highest BCUT2D eigenvalue weighted by Gasteiger charge is 2.45. The average Bonchev–Trinajstić information content (AvgIpc) is 2.95. The van der Waals surface area contributed by atoms with Gasteiger partial charge in [-0.2, -0.15) is 0 Å². The molecule has 86 valence electrons. The van der Waals surface area contributed by atoms with Crippen LogP contribution in [0.15, 0.2) is 28.9 Å². The van der Waals surface area contributed by atoms with Crippen molar-refractivity contribution in [3.05, 3.63) is 28.9 Å². The second kappa shape index (κ2) is 3.42. The molecule has 3 nitrogen and oxygen atoms in total. The molecule has 0 amide bonds. The largest absolute Gasteiger partial charge is 0.340 e. The topological polar surface area (TPSA) is 29.0 Å². The van der Waals surface area contributed by atoms with Crippen molar-refractivity contribution in [1.29, 1.82) is 0 Å². The second-order valence-electron chi connectivity index (χ2n) is 5.03. The van der Waals surface area contributed by atoms with Gasteiger partial charge in [-0.3, -0.25) is 0 Å². The number of benzene rings is 1. The van der Waals surface area contributed by atoms with Gasteiger partial charge < -0.3 is 4.90 Å². The van der Waals surface area contributed by atoms with Crippen molar-refractivity contribution in [3.8, 4) is 0 Å². The average molecular weight is 290 g/mol. The third-order valence-corrected chi connectivity index (χ3v) is 4.28. The first-order valence-corrected chi connectivity index (χ1v) is 6.76. The maximum atomic E-state index is 4.65. The summed E-state index contributed by atoms with van der Waals surface area (Å²) in [5, 5.41) is 1.09. The van der Waals surface area contributed by atoms with E-state index in [2.05, 4.69) is 36.9 Å². The molecule has 1 aromatic carbocycles. The maximum Gasteiger partial charge on any atom is 0.225 e. The van der Waals surface area contributed by atoms with Gasteiger partial charge in [-0.15, -0.1) is 0 Å². The van der Waals surface area contributed by atoms with Gasteiger partial charge in [0.25, 0.3) is 0 Å². The van der Waals surface area contributed by atoms with Gasteiger partial charge in [0.1, 0.15) is 0 Å². The molecule has 1 saturated carbocycles. The van der Waals surface area contributed by atoms with Crippen LogP contribution in [-0.4, -0.2) is 23.1 Å². The van der Waals surface area contributed by atoms with Crippen molar-refractivity contribution in [1.82, 2.24) is 9.97 Å². The van der Waals surface area contributed by atoms with Crippen molar-refractivity contribution < 1.29 is 0 Å². The molecule has 17 heavy (non-hydrogen) atoms. The highest BCUT2D eigenvalue weighted by molar-refractivity contribution is 9.10. The Hall–Kier alpha value is -1.16. The summed E-state index contributed by atoms with van der Waals surface area (Å²) >= 11 is 3.46. The molecule has 0 radical (unpaired) electrons. The quantitative estimate of drug-likeness (QED) is 0.808. The SMILES string of the molecule is Brc1ccc2nc(N3CC4CC4C3)ncc2c1. The number of anilines is 1. The zero-order valence-corrected chi connectivity index (χ0v) is 10.9. The summed E-state index contributed by atoms with van der Waals surface area (Å²) in [4.78, 5) is 11.4. The number of piperidine rings is 1. The second-order valence-corrected chi connectivity index (χ2v) is 5.95. The van der Waals surface area contributed by atoms with E-state index in [1.165, 1.54) is 6.42 Å². The molecule has 1 saturated heterocycles. The Labute approximate surface area is 108 Å². The monoisotopic (exact) mass is 289 g/mol. The van der Waals surface area contributed by atoms with Crippen molar-refractivity contribution >= 4 is 32.8 Å². The molecule has 2 fully saturated rings. The predicted octanol–water partition coefficient (Wildman–Crippen LogP) is 2.85. The first-order valence-electron chi connectivity index (χ1n) is 5.97. The van der Waals surface area contributed by atoms with Gasteiger partial charge >= 0.3 is 0 Å². The van der Waals surface area contributed by atoms with Crippen LogP contribution in [0.25, 0.3) is 10.9 Å².